The average molecular weight is 344 g/mol. The largest absolute Gasteiger partial charge is 0.379 e. The van der Waals surface area contributed by atoms with E-state index in [4.69, 9.17) is 4.74 Å². The first-order valence-corrected chi connectivity index (χ1v) is 9.37. The highest BCUT2D eigenvalue weighted by Crippen LogP contribution is 2.23. The molecule has 0 unspecified atom stereocenters. The lowest BCUT2D eigenvalue weighted by Gasteiger charge is -2.37. The molecule has 0 N–H and O–H groups in total. The third-order valence-electron chi connectivity index (χ3n) is 5.29. The van der Waals surface area contributed by atoms with E-state index in [2.05, 4.69) is 4.90 Å². The van der Waals surface area contributed by atoms with Gasteiger partial charge in [0.25, 0.3) is 5.91 Å². The summed E-state index contributed by atoms with van der Waals surface area (Å²) in [6.45, 7) is 6.97. The van der Waals surface area contributed by atoms with Crippen molar-refractivity contribution in [2.45, 2.75) is 38.6 Å². The van der Waals surface area contributed by atoms with Crippen LogP contribution in [0.2, 0.25) is 0 Å². The summed E-state index contributed by atoms with van der Waals surface area (Å²) in [6.07, 6.45) is 4.33. The predicted octanol–water partition coefficient (Wildman–Crippen LogP) is 2.61. The minimum absolute atomic E-state index is 0.00263. The first-order valence-electron chi connectivity index (χ1n) is 9.37. The van der Waals surface area contributed by atoms with Gasteiger partial charge in [-0.3, -0.25) is 14.5 Å². The van der Waals surface area contributed by atoms with Crippen molar-refractivity contribution in [1.29, 1.82) is 0 Å². The first kappa shape index (κ1) is 18.1. The molecule has 1 atom stereocenters. The zero-order chi connectivity index (χ0) is 17.6. The number of carbonyl (C=O) groups is 2. The smallest absolute Gasteiger partial charge is 0.254 e. The van der Waals surface area contributed by atoms with Gasteiger partial charge >= 0.3 is 0 Å². The molecule has 2 fully saturated rings. The highest BCUT2D eigenvalue weighted by Gasteiger charge is 2.28. The Labute approximate surface area is 149 Å². The maximum Gasteiger partial charge on any atom is 0.254 e. The Kier molecular flexibility index (Phi) is 6.21. The number of likely N-dealkylation sites (tertiary alicyclic amines) is 1. The van der Waals surface area contributed by atoms with Crippen LogP contribution in [0.5, 0.6) is 0 Å². The van der Waals surface area contributed by atoms with Gasteiger partial charge in [0.1, 0.15) is 0 Å². The van der Waals surface area contributed by atoms with Gasteiger partial charge in [0.05, 0.1) is 13.2 Å². The maximum absolute atomic E-state index is 13.0. The molecule has 25 heavy (non-hydrogen) atoms. The molecule has 5 nitrogen and oxygen atoms in total. The lowest BCUT2D eigenvalue weighted by atomic mass is 9.97. The van der Waals surface area contributed by atoms with Gasteiger partial charge < -0.3 is 9.64 Å². The van der Waals surface area contributed by atoms with Crippen LogP contribution in [0.3, 0.4) is 0 Å². The van der Waals surface area contributed by atoms with E-state index in [0.29, 0.717) is 17.2 Å². The molecule has 136 valence electrons. The van der Waals surface area contributed by atoms with E-state index in [-0.39, 0.29) is 11.7 Å². The van der Waals surface area contributed by atoms with Gasteiger partial charge in [-0.15, -0.1) is 0 Å². The number of amides is 1. The number of nitrogens with zero attached hydrogens (tertiary/aromatic N) is 2. The molecular formula is C20H28N2O3. The van der Waals surface area contributed by atoms with Crippen LogP contribution < -0.4 is 0 Å². The number of piperidine rings is 1. The number of morpholine rings is 1. The van der Waals surface area contributed by atoms with E-state index in [1.54, 1.807) is 18.2 Å². The van der Waals surface area contributed by atoms with Crippen LogP contribution in [0, 0.1) is 0 Å². The second kappa shape index (κ2) is 8.59. The standard InChI is InChI=1S/C20H28N2O3/c1-16(23)17-5-4-6-18(15-17)20(24)22-9-3-2-7-19(22)8-10-21-11-13-25-14-12-21/h4-6,15,19H,2-3,7-14H2,1H3/t19-/m1/s1. The highest BCUT2D eigenvalue weighted by atomic mass is 16.5. The van der Waals surface area contributed by atoms with Crippen LogP contribution in [0.4, 0.5) is 0 Å². The number of hydrogen-bond donors (Lipinski definition) is 0. The molecular weight excluding hydrogens is 316 g/mol. The SMILES string of the molecule is CC(=O)c1cccc(C(=O)N2CCCC[C@@H]2CCN2CCOCC2)c1. The Morgan fingerprint density at radius 1 is 1.12 bits per heavy atom. The molecule has 0 spiro atoms. The summed E-state index contributed by atoms with van der Waals surface area (Å²) in [6, 6.07) is 7.42. The third-order valence-corrected chi connectivity index (χ3v) is 5.29. The normalized spacial score (nSPS) is 22.0. The second-order valence-corrected chi connectivity index (χ2v) is 7.03. The summed E-state index contributed by atoms with van der Waals surface area (Å²) in [5.74, 6) is 0.0620. The van der Waals surface area contributed by atoms with Crippen molar-refractivity contribution >= 4 is 11.7 Å². The van der Waals surface area contributed by atoms with Gasteiger partial charge in [0, 0.05) is 43.3 Å². The van der Waals surface area contributed by atoms with Gasteiger partial charge in [-0.05, 0) is 44.7 Å². The van der Waals surface area contributed by atoms with E-state index >= 15 is 0 Å². The van der Waals surface area contributed by atoms with E-state index in [1.165, 1.54) is 13.3 Å². The molecule has 0 aromatic heterocycles. The quantitative estimate of drug-likeness (QED) is 0.771. The summed E-state index contributed by atoms with van der Waals surface area (Å²) >= 11 is 0. The lowest BCUT2D eigenvalue weighted by molar-refractivity contribution is 0.0295. The zero-order valence-corrected chi connectivity index (χ0v) is 15.1. The maximum atomic E-state index is 13.0. The number of ketones is 1. The van der Waals surface area contributed by atoms with Crippen molar-refractivity contribution in [1.82, 2.24) is 9.80 Å². The minimum atomic E-state index is -0.00263. The van der Waals surface area contributed by atoms with Crippen molar-refractivity contribution in [3.63, 3.8) is 0 Å². The molecule has 0 radical (unpaired) electrons. The van der Waals surface area contributed by atoms with Crippen molar-refractivity contribution in [2.75, 3.05) is 39.4 Å². The summed E-state index contributed by atoms with van der Waals surface area (Å²) < 4.78 is 5.41. The number of rotatable bonds is 5. The molecule has 1 aromatic carbocycles. The Balaban J connectivity index is 1.66. The summed E-state index contributed by atoms with van der Waals surface area (Å²) in [7, 11) is 0. The van der Waals surface area contributed by atoms with Crippen molar-refractivity contribution in [3.8, 4) is 0 Å². The van der Waals surface area contributed by atoms with Gasteiger partial charge in [-0.25, -0.2) is 0 Å². The molecule has 3 rings (SSSR count). The fourth-order valence-electron chi connectivity index (χ4n) is 3.76. The van der Waals surface area contributed by atoms with Gasteiger partial charge in [-0.2, -0.15) is 0 Å². The molecule has 0 aliphatic carbocycles. The van der Waals surface area contributed by atoms with E-state index in [1.807, 2.05) is 11.0 Å². The number of benzene rings is 1. The second-order valence-electron chi connectivity index (χ2n) is 7.03. The van der Waals surface area contributed by atoms with E-state index in [9.17, 15) is 9.59 Å². The van der Waals surface area contributed by atoms with Crippen LogP contribution >= 0.6 is 0 Å². The van der Waals surface area contributed by atoms with Gasteiger partial charge in [0.2, 0.25) is 0 Å². The van der Waals surface area contributed by atoms with Crippen LogP contribution in [0.1, 0.15) is 53.3 Å². The molecule has 2 aliphatic rings. The molecule has 5 heteroatoms. The Morgan fingerprint density at radius 2 is 1.88 bits per heavy atom. The van der Waals surface area contributed by atoms with Crippen LogP contribution in [-0.2, 0) is 4.74 Å². The Morgan fingerprint density at radius 3 is 2.64 bits per heavy atom. The third kappa shape index (κ3) is 4.67. The van der Waals surface area contributed by atoms with E-state index in [0.717, 1.165) is 58.7 Å². The lowest BCUT2D eigenvalue weighted by Crippen LogP contribution is -2.46. The van der Waals surface area contributed by atoms with Crippen molar-refractivity contribution in [2.24, 2.45) is 0 Å². The summed E-state index contributed by atoms with van der Waals surface area (Å²) in [5.41, 5.74) is 1.23. The zero-order valence-electron chi connectivity index (χ0n) is 15.1. The number of Topliss-reactive ketones (excluding diaryl/α,β-unsaturated/α-hetero) is 1. The molecule has 1 amide bonds. The fourth-order valence-corrected chi connectivity index (χ4v) is 3.76. The average Bonchev–Trinajstić information content (AvgIpc) is 2.67. The van der Waals surface area contributed by atoms with Crippen LogP contribution in [-0.4, -0.2) is 66.9 Å². The van der Waals surface area contributed by atoms with Crippen molar-refractivity contribution in [3.05, 3.63) is 35.4 Å². The van der Waals surface area contributed by atoms with Gasteiger partial charge in [0.15, 0.2) is 5.78 Å². The number of carbonyl (C=O) groups excluding carboxylic acids is 2. The topological polar surface area (TPSA) is 49.9 Å². The predicted molar refractivity (Wildman–Crippen MR) is 97.0 cm³/mol. The molecule has 1 aromatic rings. The number of hydrogen-bond acceptors (Lipinski definition) is 4. The minimum Gasteiger partial charge on any atom is -0.379 e. The van der Waals surface area contributed by atoms with E-state index < -0.39 is 0 Å². The van der Waals surface area contributed by atoms with Crippen LogP contribution in [0.15, 0.2) is 24.3 Å². The molecule has 2 aliphatic heterocycles. The summed E-state index contributed by atoms with van der Waals surface area (Å²) in [4.78, 5) is 29.1. The molecule has 0 bridgehead atoms. The van der Waals surface area contributed by atoms with Gasteiger partial charge in [-0.1, -0.05) is 12.1 Å². The number of ether oxygens (including phenoxy) is 1. The fraction of sp³-hybridized carbons (Fsp3) is 0.600. The monoisotopic (exact) mass is 344 g/mol. The molecule has 2 saturated heterocycles. The molecule has 0 saturated carbocycles. The molecule has 2 heterocycles. The van der Waals surface area contributed by atoms with Crippen LogP contribution in [0.25, 0.3) is 0 Å². The Bertz CT molecular complexity index is 611. The highest BCUT2D eigenvalue weighted by molar-refractivity contribution is 5.99. The van der Waals surface area contributed by atoms with Crippen molar-refractivity contribution < 1.29 is 14.3 Å². The Hall–Kier alpha value is -1.72. The first-order chi connectivity index (χ1) is 12.1. The summed E-state index contributed by atoms with van der Waals surface area (Å²) in [5, 5.41) is 0.